The summed E-state index contributed by atoms with van der Waals surface area (Å²) in [6.45, 7) is 2.03. The number of amides is 1. The lowest BCUT2D eigenvalue weighted by Gasteiger charge is -2.23. The Kier molecular flexibility index (Phi) is 6.16. The molecule has 0 bridgehead atoms. The fourth-order valence-electron chi connectivity index (χ4n) is 3.02. The van der Waals surface area contributed by atoms with Crippen molar-refractivity contribution in [3.63, 3.8) is 0 Å². The third kappa shape index (κ3) is 4.56. The average Bonchev–Trinajstić information content (AvgIpc) is 3.29. The van der Waals surface area contributed by atoms with E-state index in [4.69, 9.17) is 21.1 Å². The first-order chi connectivity index (χ1) is 12.5. The van der Waals surface area contributed by atoms with Gasteiger partial charge in [-0.3, -0.25) is 4.79 Å². The molecule has 26 heavy (non-hydrogen) atoms. The number of ether oxygens (including phenoxy) is 2. The number of carbonyl (C=O) groups excluding carboxylic acids is 2. The number of hydrogen-bond donors (Lipinski definition) is 0. The summed E-state index contributed by atoms with van der Waals surface area (Å²) in [6, 6.07) is 9.26. The van der Waals surface area contributed by atoms with E-state index < -0.39 is 5.97 Å². The summed E-state index contributed by atoms with van der Waals surface area (Å²) in [5.74, 6) is -0.175. The normalized spacial score (nSPS) is 16.5. The number of benzene rings is 1. The SMILES string of the molecule is Cc1cc(Cl)ccc1OCC(=O)OCC(=O)N1CCCC1c1cccs1. The molecule has 1 atom stereocenters. The van der Waals surface area contributed by atoms with Crippen LogP contribution in [0.4, 0.5) is 0 Å². The van der Waals surface area contributed by atoms with E-state index in [0.29, 0.717) is 17.3 Å². The Morgan fingerprint density at radius 2 is 2.15 bits per heavy atom. The summed E-state index contributed by atoms with van der Waals surface area (Å²) in [5.41, 5.74) is 0.831. The highest BCUT2D eigenvalue weighted by Gasteiger charge is 2.30. The standard InChI is InChI=1S/C19H20ClNO4S/c1-13-10-14(20)6-7-16(13)24-12-19(23)25-11-18(22)21-8-2-4-15(21)17-5-3-9-26-17/h3,5-7,9-10,15H,2,4,8,11-12H2,1H3. The Balaban J connectivity index is 1.47. The van der Waals surface area contributed by atoms with Gasteiger partial charge in [0, 0.05) is 16.4 Å². The Hall–Kier alpha value is -2.05. The number of rotatable bonds is 6. The predicted octanol–water partition coefficient (Wildman–Crippen LogP) is 4.00. The minimum atomic E-state index is -0.570. The van der Waals surface area contributed by atoms with Crippen LogP contribution >= 0.6 is 22.9 Å². The van der Waals surface area contributed by atoms with Crippen LogP contribution in [-0.4, -0.2) is 36.5 Å². The first-order valence-electron chi connectivity index (χ1n) is 8.42. The molecule has 1 saturated heterocycles. The topological polar surface area (TPSA) is 55.8 Å². The van der Waals surface area contributed by atoms with E-state index in [1.807, 2.05) is 24.4 Å². The van der Waals surface area contributed by atoms with Crippen LogP contribution in [0.25, 0.3) is 0 Å². The first-order valence-corrected chi connectivity index (χ1v) is 9.68. The van der Waals surface area contributed by atoms with Crippen molar-refractivity contribution in [2.24, 2.45) is 0 Å². The van der Waals surface area contributed by atoms with E-state index in [9.17, 15) is 9.59 Å². The lowest BCUT2D eigenvalue weighted by Crippen LogP contribution is -2.34. The lowest BCUT2D eigenvalue weighted by molar-refractivity contribution is -0.154. The Labute approximate surface area is 161 Å². The number of aryl methyl sites for hydroxylation is 1. The molecule has 5 nitrogen and oxygen atoms in total. The molecule has 1 aliphatic rings. The second-order valence-electron chi connectivity index (χ2n) is 6.12. The van der Waals surface area contributed by atoms with E-state index in [2.05, 4.69) is 0 Å². The number of hydrogen-bond acceptors (Lipinski definition) is 5. The maximum atomic E-state index is 12.4. The van der Waals surface area contributed by atoms with Crippen LogP contribution in [0.1, 0.15) is 29.3 Å². The van der Waals surface area contributed by atoms with Gasteiger partial charge in [-0.15, -0.1) is 11.3 Å². The third-order valence-corrected chi connectivity index (χ3v) is 5.49. The van der Waals surface area contributed by atoms with Gasteiger partial charge in [-0.05, 0) is 55.0 Å². The van der Waals surface area contributed by atoms with Crippen LogP contribution in [0.2, 0.25) is 5.02 Å². The summed E-state index contributed by atoms with van der Waals surface area (Å²) in [4.78, 5) is 27.3. The molecule has 2 aromatic rings. The van der Waals surface area contributed by atoms with Crippen LogP contribution in [-0.2, 0) is 14.3 Å². The molecule has 1 aliphatic heterocycles. The third-order valence-electron chi connectivity index (χ3n) is 4.28. The molecule has 1 amide bonds. The number of halogens is 1. The van der Waals surface area contributed by atoms with Crippen molar-refractivity contribution in [3.05, 3.63) is 51.2 Å². The summed E-state index contributed by atoms with van der Waals surface area (Å²) in [5, 5.41) is 2.61. The predicted molar refractivity (Wildman–Crippen MR) is 101 cm³/mol. The van der Waals surface area contributed by atoms with Gasteiger partial charge in [-0.2, -0.15) is 0 Å². The van der Waals surface area contributed by atoms with Crippen molar-refractivity contribution in [3.8, 4) is 5.75 Å². The molecule has 3 rings (SSSR count). The second-order valence-corrected chi connectivity index (χ2v) is 7.54. The molecule has 1 fully saturated rings. The zero-order valence-corrected chi connectivity index (χ0v) is 16.0. The second kappa shape index (κ2) is 8.56. The fraction of sp³-hybridized carbons (Fsp3) is 0.368. The van der Waals surface area contributed by atoms with Gasteiger partial charge in [0.25, 0.3) is 5.91 Å². The largest absolute Gasteiger partial charge is 0.482 e. The minimum absolute atomic E-state index is 0.0918. The first kappa shape index (κ1) is 18.7. The number of thiophene rings is 1. The molecular formula is C19H20ClNO4S. The van der Waals surface area contributed by atoms with Crippen molar-refractivity contribution in [2.75, 3.05) is 19.8 Å². The van der Waals surface area contributed by atoms with Crippen LogP contribution in [0.5, 0.6) is 5.75 Å². The van der Waals surface area contributed by atoms with Crippen LogP contribution in [0, 0.1) is 6.92 Å². The highest BCUT2D eigenvalue weighted by molar-refractivity contribution is 7.10. The Morgan fingerprint density at radius 1 is 1.31 bits per heavy atom. The van der Waals surface area contributed by atoms with Crippen molar-refractivity contribution in [2.45, 2.75) is 25.8 Å². The molecule has 138 valence electrons. The van der Waals surface area contributed by atoms with Gasteiger partial charge in [-0.25, -0.2) is 4.79 Å². The van der Waals surface area contributed by atoms with E-state index >= 15 is 0 Å². The lowest BCUT2D eigenvalue weighted by atomic mass is 10.2. The van der Waals surface area contributed by atoms with Gasteiger partial charge in [0.1, 0.15) is 5.75 Å². The molecule has 1 aromatic carbocycles. The van der Waals surface area contributed by atoms with E-state index in [0.717, 1.165) is 18.4 Å². The van der Waals surface area contributed by atoms with Gasteiger partial charge in [0.15, 0.2) is 13.2 Å². The highest BCUT2D eigenvalue weighted by Crippen LogP contribution is 2.34. The fourth-order valence-corrected chi connectivity index (χ4v) is 4.12. The number of nitrogens with zero attached hydrogens (tertiary/aromatic N) is 1. The molecule has 0 radical (unpaired) electrons. The van der Waals surface area contributed by atoms with Gasteiger partial charge >= 0.3 is 5.97 Å². The van der Waals surface area contributed by atoms with Crippen molar-refractivity contribution < 1.29 is 19.1 Å². The molecule has 0 saturated carbocycles. The highest BCUT2D eigenvalue weighted by atomic mass is 35.5. The quantitative estimate of drug-likeness (QED) is 0.696. The average molecular weight is 394 g/mol. The molecule has 0 N–H and O–H groups in total. The maximum Gasteiger partial charge on any atom is 0.344 e. The number of esters is 1. The van der Waals surface area contributed by atoms with Gasteiger partial charge in [0.2, 0.25) is 0 Å². The summed E-state index contributed by atoms with van der Waals surface area (Å²) in [6.07, 6.45) is 1.90. The van der Waals surface area contributed by atoms with Crippen molar-refractivity contribution in [1.29, 1.82) is 0 Å². The minimum Gasteiger partial charge on any atom is -0.482 e. The van der Waals surface area contributed by atoms with Gasteiger partial charge in [0.05, 0.1) is 6.04 Å². The van der Waals surface area contributed by atoms with Crippen LogP contribution in [0.3, 0.4) is 0 Å². The molecule has 1 unspecified atom stereocenters. The zero-order chi connectivity index (χ0) is 18.5. The molecule has 1 aromatic heterocycles. The van der Waals surface area contributed by atoms with E-state index in [1.54, 1.807) is 34.4 Å². The monoisotopic (exact) mass is 393 g/mol. The van der Waals surface area contributed by atoms with Crippen LogP contribution < -0.4 is 4.74 Å². The molecule has 0 spiro atoms. The van der Waals surface area contributed by atoms with E-state index in [1.165, 1.54) is 4.88 Å². The Morgan fingerprint density at radius 3 is 2.88 bits per heavy atom. The maximum absolute atomic E-state index is 12.4. The smallest absolute Gasteiger partial charge is 0.344 e. The summed E-state index contributed by atoms with van der Waals surface area (Å²) >= 11 is 7.53. The molecule has 7 heteroatoms. The number of likely N-dealkylation sites (tertiary alicyclic amines) is 1. The molecule has 0 aliphatic carbocycles. The summed E-state index contributed by atoms with van der Waals surface area (Å²) < 4.78 is 10.5. The van der Waals surface area contributed by atoms with Crippen molar-refractivity contribution in [1.82, 2.24) is 4.90 Å². The molecule has 2 heterocycles. The van der Waals surface area contributed by atoms with Crippen LogP contribution in [0.15, 0.2) is 35.7 Å². The van der Waals surface area contributed by atoms with Gasteiger partial charge in [-0.1, -0.05) is 17.7 Å². The molecular weight excluding hydrogens is 374 g/mol. The van der Waals surface area contributed by atoms with Crippen molar-refractivity contribution >= 4 is 34.8 Å². The van der Waals surface area contributed by atoms with E-state index in [-0.39, 0.29) is 25.2 Å². The zero-order valence-electron chi connectivity index (χ0n) is 14.4. The Bertz CT molecular complexity index is 778. The number of carbonyl (C=O) groups is 2. The van der Waals surface area contributed by atoms with Gasteiger partial charge < -0.3 is 14.4 Å². The summed E-state index contributed by atoms with van der Waals surface area (Å²) in [7, 11) is 0.